The summed E-state index contributed by atoms with van der Waals surface area (Å²) in [5, 5.41) is 15.8. The van der Waals surface area contributed by atoms with E-state index in [1.54, 1.807) is 13.2 Å². The Morgan fingerprint density at radius 2 is 2.10 bits per heavy atom. The number of nitrogens with zero attached hydrogens (tertiary/aromatic N) is 2. The first-order valence-corrected chi connectivity index (χ1v) is 7.56. The molecule has 0 aromatic carbocycles. The molecule has 1 aliphatic carbocycles. The van der Waals surface area contributed by atoms with Crippen LogP contribution in [-0.4, -0.2) is 40.2 Å². The van der Waals surface area contributed by atoms with E-state index >= 15 is 0 Å². The summed E-state index contributed by atoms with van der Waals surface area (Å²) in [6.07, 6.45) is 4.76. The summed E-state index contributed by atoms with van der Waals surface area (Å²) in [6, 6.07) is -0.187. The Bertz CT molecular complexity index is 504. The lowest BCUT2D eigenvalue weighted by Crippen LogP contribution is -2.45. The van der Waals surface area contributed by atoms with E-state index in [9.17, 15) is 9.90 Å². The largest absolute Gasteiger partial charge is 0.391 e. The number of aliphatic hydroxyl groups is 1. The van der Waals surface area contributed by atoms with Gasteiger partial charge in [0.05, 0.1) is 24.0 Å². The third-order valence-electron chi connectivity index (χ3n) is 3.85. The third kappa shape index (κ3) is 3.69. The van der Waals surface area contributed by atoms with Gasteiger partial charge in [-0.2, -0.15) is 0 Å². The molecule has 1 aromatic heterocycles. The topological polar surface area (TPSA) is 87.1 Å². The van der Waals surface area contributed by atoms with Crippen LogP contribution in [0.5, 0.6) is 0 Å². The lowest BCUT2D eigenvalue weighted by atomic mass is 9.92. The number of amides is 1. The highest BCUT2D eigenvalue weighted by Gasteiger charge is 2.26. The standard InChI is InChI=1S/C15H24N4O2/c1-9(2)14-17-8-11(16-3)13(19-14)15(21)18-10-6-4-5-7-12(10)20/h8-10,12,16,20H,4-7H2,1-3H3,(H,18,21). The van der Waals surface area contributed by atoms with Gasteiger partial charge in [0.2, 0.25) is 0 Å². The number of hydrogen-bond donors (Lipinski definition) is 3. The van der Waals surface area contributed by atoms with Crippen LogP contribution >= 0.6 is 0 Å². The summed E-state index contributed by atoms with van der Waals surface area (Å²) >= 11 is 0. The van der Waals surface area contributed by atoms with Gasteiger partial charge in [-0.1, -0.05) is 26.7 Å². The second-order valence-electron chi connectivity index (χ2n) is 5.83. The number of nitrogens with one attached hydrogen (secondary N) is 2. The van der Waals surface area contributed by atoms with Crippen molar-refractivity contribution in [1.82, 2.24) is 15.3 Å². The molecule has 0 radical (unpaired) electrons. The van der Waals surface area contributed by atoms with E-state index in [0.29, 0.717) is 17.2 Å². The zero-order chi connectivity index (χ0) is 15.4. The number of carbonyl (C=O) groups excluding carboxylic acids is 1. The average Bonchev–Trinajstić information content (AvgIpc) is 2.48. The van der Waals surface area contributed by atoms with E-state index in [0.717, 1.165) is 25.7 Å². The SMILES string of the molecule is CNc1cnc(C(C)C)nc1C(=O)NC1CCCCC1O. The zero-order valence-corrected chi connectivity index (χ0v) is 12.9. The zero-order valence-electron chi connectivity index (χ0n) is 12.9. The van der Waals surface area contributed by atoms with Crippen molar-refractivity contribution >= 4 is 11.6 Å². The van der Waals surface area contributed by atoms with E-state index in [1.807, 2.05) is 13.8 Å². The fourth-order valence-electron chi connectivity index (χ4n) is 2.55. The van der Waals surface area contributed by atoms with Crippen LogP contribution in [0.25, 0.3) is 0 Å². The molecule has 0 bridgehead atoms. The first-order valence-electron chi connectivity index (χ1n) is 7.56. The Morgan fingerprint density at radius 1 is 1.38 bits per heavy atom. The molecule has 1 saturated carbocycles. The van der Waals surface area contributed by atoms with Gasteiger partial charge in [-0.15, -0.1) is 0 Å². The molecule has 0 spiro atoms. The van der Waals surface area contributed by atoms with Crippen molar-refractivity contribution in [3.63, 3.8) is 0 Å². The van der Waals surface area contributed by atoms with E-state index in [2.05, 4.69) is 20.6 Å². The predicted octanol–water partition coefficient (Wildman–Crippen LogP) is 1.67. The molecule has 2 atom stereocenters. The monoisotopic (exact) mass is 292 g/mol. The maximum atomic E-state index is 12.5. The second kappa shape index (κ2) is 6.85. The first kappa shape index (κ1) is 15.7. The molecule has 1 aliphatic rings. The molecule has 0 aliphatic heterocycles. The van der Waals surface area contributed by atoms with Gasteiger partial charge < -0.3 is 15.7 Å². The summed E-state index contributed by atoms with van der Waals surface area (Å²) in [7, 11) is 1.74. The highest BCUT2D eigenvalue weighted by Crippen LogP contribution is 2.20. The molecule has 6 nitrogen and oxygen atoms in total. The Kier molecular flexibility index (Phi) is 5.12. The number of aromatic nitrogens is 2. The molecule has 116 valence electrons. The van der Waals surface area contributed by atoms with E-state index < -0.39 is 6.10 Å². The van der Waals surface area contributed by atoms with Crippen molar-refractivity contribution in [2.24, 2.45) is 0 Å². The molecule has 1 aromatic rings. The Labute approximate surface area is 125 Å². The van der Waals surface area contributed by atoms with Crippen LogP contribution in [0.2, 0.25) is 0 Å². The molecule has 6 heteroatoms. The molecule has 3 N–H and O–H groups in total. The van der Waals surface area contributed by atoms with Crippen molar-refractivity contribution in [3.05, 3.63) is 17.7 Å². The Hall–Kier alpha value is -1.69. The van der Waals surface area contributed by atoms with Gasteiger partial charge in [0.25, 0.3) is 5.91 Å². The fourth-order valence-corrected chi connectivity index (χ4v) is 2.55. The summed E-state index contributed by atoms with van der Waals surface area (Å²) < 4.78 is 0. The van der Waals surface area contributed by atoms with Crippen LogP contribution in [0.1, 0.15) is 61.8 Å². The Balaban J connectivity index is 2.18. The molecule has 1 amide bonds. The summed E-state index contributed by atoms with van der Waals surface area (Å²) in [4.78, 5) is 21.1. The fraction of sp³-hybridized carbons (Fsp3) is 0.667. The van der Waals surface area contributed by atoms with Crippen LogP contribution in [0.15, 0.2) is 6.20 Å². The normalized spacial score (nSPS) is 22.1. The van der Waals surface area contributed by atoms with E-state index in [-0.39, 0.29) is 17.9 Å². The van der Waals surface area contributed by atoms with Crippen LogP contribution < -0.4 is 10.6 Å². The number of rotatable bonds is 4. The van der Waals surface area contributed by atoms with Crippen molar-refractivity contribution in [2.75, 3.05) is 12.4 Å². The van der Waals surface area contributed by atoms with E-state index in [4.69, 9.17) is 0 Å². The maximum absolute atomic E-state index is 12.5. The van der Waals surface area contributed by atoms with Gasteiger partial charge in [0.1, 0.15) is 5.82 Å². The number of aliphatic hydroxyl groups excluding tert-OH is 1. The molecule has 1 heterocycles. The van der Waals surface area contributed by atoms with E-state index in [1.165, 1.54) is 0 Å². The lowest BCUT2D eigenvalue weighted by molar-refractivity contribution is 0.0714. The second-order valence-corrected chi connectivity index (χ2v) is 5.83. The predicted molar refractivity (Wildman–Crippen MR) is 81.4 cm³/mol. The highest BCUT2D eigenvalue weighted by atomic mass is 16.3. The average molecular weight is 292 g/mol. The minimum atomic E-state index is -0.466. The van der Waals surface area contributed by atoms with Gasteiger partial charge in [-0.05, 0) is 12.8 Å². The van der Waals surface area contributed by atoms with Crippen LogP contribution in [0, 0.1) is 0 Å². The molecule has 2 rings (SSSR count). The van der Waals surface area contributed by atoms with Gasteiger partial charge in [0.15, 0.2) is 5.69 Å². The van der Waals surface area contributed by atoms with Crippen LogP contribution in [0.3, 0.4) is 0 Å². The number of carbonyl (C=O) groups is 1. The van der Waals surface area contributed by atoms with Crippen LogP contribution in [0.4, 0.5) is 5.69 Å². The van der Waals surface area contributed by atoms with Gasteiger partial charge in [-0.3, -0.25) is 4.79 Å². The molecule has 2 unspecified atom stereocenters. The van der Waals surface area contributed by atoms with Gasteiger partial charge in [0, 0.05) is 13.0 Å². The summed E-state index contributed by atoms with van der Waals surface area (Å²) in [5.74, 6) is 0.542. The van der Waals surface area contributed by atoms with Crippen LogP contribution in [-0.2, 0) is 0 Å². The first-order chi connectivity index (χ1) is 10.0. The highest BCUT2D eigenvalue weighted by molar-refractivity contribution is 5.97. The molecular formula is C15H24N4O2. The van der Waals surface area contributed by atoms with Crippen molar-refractivity contribution in [3.8, 4) is 0 Å². The Morgan fingerprint density at radius 3 is 2.71 bits per heavy atom. The van der Waals surface area contributed by atoms with Gasteiger partial charge >= 0.3 is 0 Å². The van der Waals surface area contributed by atoms with Crippen molar-refractivity contribution in [2.45, 2.75) is 57.6 Å². The van der Waals surface area contributed by atoms with Gasteiger partial charge in [-0.25, -0.2) is 9.97 Å². The third-order valence-corrected chi connectivity index (χ3v) is 3.85. The molecule has 1 fully saturated rings. The molecule has 21 heavy (non-hydrogen) atoms. The molecular weight excluding hydrogens is 268 g/mol. The number of hydrogen-bond acceptors (Lipinski definition) is 5. The summed E-state index contributed by atoms with van der Waals surface area (Å²) in [5.41, 5.74) is 0.941. The summed E-state index contributed by atoms with van der Waals surface area (Å²) in [6.45, 7) is 3.97. The van der Waals surface area contributed by atoms with Crippen molar-refractivity contribution < 1.29 is 9.90 Å². The number of anilines is 1. The minimum absolute atomic E-state index is 0.155. The maximum Gasteiger partial charge on any atom is 0.272 e. The quantitative estimate of drug-likeness (QED) is 0.786. The molecule has 0 saturated heterocycles. The smallest absolute Gasteiger partial charge is 0.272 e. The van der Waals surface area contributed by atoms with Crippen molar-refractivity contribution in [1.29, 1.82) is 0 Å². The minimum Gasteiger partial charge on any atom is -0.391 e. The lowest BCUT2D eigenvalue weighted by Gasteiger charge is -2.28.